The molecule has 3 nitrogen and oxygen atoms in total. The third kappa shape index (κ3) is 2.81. The van der Waals surface area contributed by atoms with Crippen molar-refractivity contribution >= 4 is 12.4 Å². The number of oxazole rings is 1. The van der Waals surface area contributed by atoms with Gasteiger partial charge in [-0.3, -0.25) is 0 Å². The van der Waals surface area contributed by atoms with Gasteiger partial charge >= 0.3 is 6.18 Å². The maximum atomic E-state index is 12.5. The lowest BCUT2D eigenvalue weighted by Crippen LogP contribution is -2.22. The van der Waals surface area contributed by atoms with Crippen LogP contribution in [-0.4, -0.2) is 11.5 Å². The van der Waals surface area contributed by atoms with E-state index in [1.165, 1.54) is 12.1 Å². The minimum Gasteiger partial charge on any atom is -0.441 e. The minimum absolute atomic E-state index is 0. The summed E-state index contributed by atoms with van der Waals surface area (Å²) in [4.78, 5) is 4.30. The smallest absolute Gasteiger partial charge is 0.416 e. The van der Waals surface area contributed by atoms with E-state index in [0.717, 1.165) is 36.6 Å². The first-order valence-corrected chi connectivity index (χ1v) is 5.91. The Morgan fingerprint density at radius 2 is 1.85 bits per heavy atom. The van der Waals surface area contributed by atoms with Crippen LogP contribution in [-0.2, 0) is 19.1 Å². The molecule has 7 heteroatoms. The molecule has 1 aromatic heterocycles. The highest BCUT2D eigenvalue weighted by Gasteiger charge is 2.30. The second-order valence-electron chi connectivity index (χ2n) is 4.39. The summed E-state index contributed by atoms with van der Waals surface area (Å²) in [6.45, 7) is 1.47. The van der Waals surface area contributed by atoms with Crippen LogP contribution in [0.25, 0.3) is 11.5 Å². The molecule has 0 radical (unpaired) electrons. The Labute approximate surface area is 119 Å². The maximum absolute atomic E-state index is 12.5. The number of aromatic nitrogens is 1. The molecule has 20 heavy (non-hydrogen) atoms. The highest BCUT2D eigenvalue weighted by atomic mass is 35.5. The first-order valence-electron chi connectivity index (χ1n) is 5.91. The molecular formula is C13H12ClF3N2O. The van der Waals surface area contributed by atoms with Gasteiger partial charge in [0.1, 0.15) is 5.76 Å². The van der Waals surface area contributed by atoms with Crippen molar-refractivity contribution < 1.29 is 17.6 Å². The van der Waals surface area contributed by atoms with Gasteiger partial charge in [0.05, 0.1) is 11.3 Å². The standard InChI is InChI=1S/C13H11F3N2O.ClH/c14-13(15,16)9-3-1-8(2-4-9)12-18-10-7-17-6-5-11(10)19-12;/h1-4,17H,5-7H2;1H. The fourth-order valence-electron chi connectivity index (χ4n) is 2.05. The lowest BCUT2D eigenvalue weighted by molar-refractivity contribution is -0.137. The predicted octanol–water partition coefficient (Wildman–Crippen LogP) is 3.43. The number of benzene rings is 1. The van der Waals surface area contributed by atoms with Crippen molar-refractivity contribution in [1.82, 2.24) is 10.3 Å². The molecule has 0 saturated carbocycles. The fraction of sp³-hybridized carbons (Fsp3) is 0.308. The van der Waals surface area contributed by atoms with Gasteiger partial charge in [-0.25, -0.2) is 4.98 Å². The van der Waals surface area contributed by atoms with E-state index in [-0.39, 0.29) is 12.4 Å². The van der Waals surface area contributed by atoms with Crippen molar-refractivity contribution in [1.29, 1.82) is 0 Å². The minimum atomic E-state index is -4.32. The second-order valence-corrected chi connectivity index (χ2v) is 4.39. The predicted molar refractivity (Wildman–Crippen MR) is 69.6 cm³/mol. The lowest BCUT2D eigenvalue weighted by Gasteiger charge is -2.08. The third-order valence-electron chi connectivity index (χ3n) is 3.06. The van der Waals surface area contributed by atoms with Gasteiger partial charge in [0.25, 0.3) is 0 Å². The number of hydrogen-bond donors (Lipinski definition) is 1. The quantitative estimate of drug-likeness (QED) is 0.877. The Morgan fingerprint density at radius 3 is 2.45 bits per heavy atom. The highest BCUT2D eigenvalue weighted by Crippen LogP contribution is 2.31. The normalized spacial score (nSPS) is 14.6. The monoisotopic (exact) mass is 304 g/mol. The number of nitrogens with one attached hydrogen (secondary N) is 1. The molecule has 2 heterocycles. The molecule has 1 aliphatic rings. The van der Waals surface area contributed by atoms with E-state index in [4.69, 9.17) is 4.42 Å². The van der Waals surface area contributed by atoms with Crippen LogP contribution in [0.15, 0.2) is 28.7 Å². The average molecular weight is 305 g/mol. The summed E-state index contributed by atoms with van der Waals surface area (Å²) in [5, 5.41) is 3.16. The molecular weight excluding hydrogens is 293 g/mol. The van der Waals surface area contributed by atoms with Crippen LogP contribution in [0, 0.1) is 0 Å². The summed E-state index contributed by atoms with van der Waals surface area (Å²) in [7, 11) is 0. The van der Waals surface area contributed by atoms with Crippen molar-refractivity contribution in [3.05, 3.63) is 41.3 Å². The summed E-state index contributed by atoms with van der Waals surface area (Å²) in [5.41, 5.74) is 0.720. The largest absolute Gasteiger partial charge is 0.441 e. The molecule has 0 saturated heterocycles. The van der Waals surface area contributed by atoms with Crippen LogP contribution >= 0.6 is 12.4 Å². The van der Waals surface area contributed by atoms with Crippen molar-refractivity contribution in [2.75, 3.05) is 6.54 Å². The van der Waals surface area contributed by atoms with Crippen LogP contribution in [0.5, 0.6) is 0 Å². The maximum Gasteiger partial charge on any atom is 0.416 e. The topological polar surface area (TPSA) is 38.1 Å². The van der Waals surface area contributed by atoms with E-state index in [1.54, 1.807) is 0 Å². The highest BCUT2D eigenvalue weighted by molar-refractivity contribution is 5.85. The van der Waals surface area contributed by atoms with Gasteiger partial charge in [-0.2, -0.15) is 13.2 Å². The summed E-state index contributed by atoms with van der Waals surface area (Å²) in [6, 6.07) is 4.84. The van der Waals surface area contributed by atoms with Crippen LogP contribution in [0.4, 0.5) is 13.2 Å². The Hall–Kier alpha value is -1.53. The van der Waals surface area contributed by atoms with Gasteiger partial charge in [0.15, 0.2) is 0 Å². The molecule has 2 aromatic rings. The summed E-state index contributed by atoms with van der Waals surface area (Å²) in [6.07, 6.45) is -3.57. The number of halogens is 4. The average Bonchev–Trinajstić information content (AvgIpc) is 2.81. The third-order valence-corrected chi connectivity index (χ3v) is 3.06. The molecule has 0 spiro atoms. The number of alkyl halides is 3. The van der Waals surface area contributed by atoms with Crippen LogP contribution < -0.4 is 5.32 Å². The Balaban J connectivity index is 0.00000147. The molecule has 0 unspecified atom stereocenters. The van der Waals surface area contributed by atoms with Gasteiger partial charge in [0.2, 0.25) is 5.89 Å². The van der Waals surface area contributed by atoms with Gasteiger partial charge in [-0.05, 0) is 24.3 Å². The van der Waals surface area contributed by atoms with E-state index in [2.05, 4.69) is 10.3 Å². The molecule has 0 bridgehead atoms. The van der Waals surface area contributed by atoms with E-state index in [9.17, 15) is 13.2 Å². The van der Waals surface area contributed by atoms with E-state index < -0.39 is 11.7 Å². The first-order chi connectivity index (χ1) is 9.04. The molecule has 1 aromatic carbocycles. The zero-order valence-electron chi connectivity index (χ0n) is 10.3. The molecule has 0 aliphatic carbocycles. The Kier molecular flexibility index (Phi) is 4.06. The molecule has 1 N–H and O–H groups in total. The van der Waals surface area contributed by atoms with Gasteiger partial charge in [-0.15, -0.1) is 12.4 Å². The van der Waals surface area contributed by atoms with Crippen LogP contribution in [0.1, 0.15) is 17.0 Å². The van der Waals surface area contributed by atoms with Crippen LogP contribution in [0.3, 0.4) is 0 Å². The van der Waals surface area contributed by atoms with Gasteiger partial charge in [-0.1, -0.05) is 0 Å². The van der Waals surface area contributed by atoms with Crippen LogP contribution in [0.2, 0.25) is 0 Å². The molecule has 3 rings (SSSR count). The Morgan fingerprint density at radius 1 is 1.15 bits per heavy atom. The van der Waals surface area contributed by atoms with E-state index >= 15 is 0 Å². The SMILES string of the molecule is Cl.FC(F)(F)c1ccc(-c2nc3c(o2)CCNC3)cc1. The zero-order chi connectivity index (χ0) is 13.5. The number of nitrogens with zero attached hydrogens (tertiary/aromatic N) is 1. The van der Waals surface area contributed by atoms with Gasteiger partial charge < -0.3 is 9.73 Å². The first kappa shape index (κ1) is 14.9. The molecule has 0 amide bonds. The van der Waals surface area contributed by atoms with Gasteiger partial charge in [0, 0.05) is 25.1 Å². The number of hydrogen-bond acceptors (Lipinski definition) is 3. The molecule has 0 fully saturated rings. The van der Waals surface area contributed by atoms with E-state index in [1.807, 2.05) is 0 Å². The number of fused-ring (bicyclic) bond motifs is 1. The van der Waals surface area contributed by atoms with Crippen molar-refractivity contribution in [3.8, 4) is 11.5 Å². The molecule has 108 valence electrons. The number of rotatable bonds is 1. The van der Waals surface area contributed by atoms with Crippen molar-refractivity contribution in [3.63, 3.8) is 0 Å². The van der Waals surface area contributed by atoms with Crippen molar-refractivity contribution in [2.45, 2.75) is 19.1 Å². The molecule has 1 aliphatic heterocycles. The zero-order valence-corrected chi connectivity index (χ0v) is 11.1. The fourth-order valence-corrected chi connectivity index (χ4v) is 2.05. The second kappa shape index (κ2) is 5.46. The van der Waals surface area contributed by atoms with E-state index in [0.29, 0.717) is 18.0 Å². The lowest BCUT2D eigenvalue weighted by atomic mass is 10.1. The Bertz CT molecular complexity index is 569. The summed E-state index contributed by atoms with van der Waals surface area (Å²) in [5.74, 6) is 1.19. The van der Waals surface area contributed by atoms with Crippen molar-refractivity contribution in [2.24, 2.45) is 0 Å². The summed E-state index contributed by atoms with van der Waals surface area (Å²) >= 11 is 0. The summed E-state index contributed by atoms with van der Waals surface area (Å²) < 4.78 is 43.0. The molecule has 0 atom stereocenters.